The number of likely N-dealkylation sites (tertiary alicyclic amines) is 1. The third-order valence-corrected chi connectivity index (χ3v) is 7.89. The minimum Gasteiger partial charge on any atom is -0.308 e. The summed E-state index contributed by atoms with van der Waals surface area (Å²) >= 11 is 0. The van der Waals surface area contributed by atoms with Crippen LogP contribution in [0.15, 0.2) is 23.1 Å². The van der Waals surface area contributed by atoms with E-state index in [0.29, 0.717) is 37.4 Å². The second-order valence-corrected chi connectivity index (χ2v) is 10.5. The molecule has 0 amide bonds. The molecule has 158 valence electrons. The van der Waals surface area contributed by atoms with Crippen molar-refractivity contribution in [2.24, 2.45) is 0 Å². The number of nitrogens with zero attached hydrogens (tertiary/aromatic N) is 3. The topological polar surface area (TPSA) is 43.9 Å². The average molecular weight is 416 g/mol. The number of rotatable bonds is 5. The van der Waals surface area contributed by atoms with Gasteiger partial charge in [-0.25, -0.2) is 17.2 Å². The smallest absolute Gasteiger partial charge is 0.262 e. The third-order valence-electron chi connectivity index (χ3n) is 5.83. The molecule has 2 saturated heterocycles. The number of hydrogen-bond donors (Lipinski definition) is 0. The van der Waals surface area contributed by atoms with Crippen LogP contribution in [0, 0.1) is 13.8 Å². The summed E-state index contributed by atoms with van der Waals surface area (Å²) in [6.45, 7) is 4.86. The van der Waals surface area contributed by atoms with Crippen LogP contribution < -0.4 is 0 Å². The summed E-state index contributed by atoms with van der Waals surface area (Å²) < 4.78 is 55.7. The van der Waals surface area contributed by atoms with Crippen molar-refractivity contribution in [3.05, 3.63) is 29.3 Å². The first kappa shape index (κ1) is 21.6. The van der Waals surface area contributed by atoms with E-state index in [1.807, 2.05) is 49.9 Å². The molecule has 8 heteroatoms. The summed E-state index contributed by atoms with van der Waals surface area (Å²) in [5, 5.41) is 0. The van der Waals surface area contributed by atoms with E-state index in [0.717, 1.165) is 11.1 Å². The molecule has 0 aromatic heterocycles. The molecule has 0 radical (unpaired) electrons. The number of benzene rings is 1. The second kappa shape index (κ2) is 7.97. The van der Waals surface area contributed by atoms with Crippen LogP contribution in [0.2, 0.25) is 0 Å². The fraction of sp³-hybridized carbons (Fsp3) is 0.700. The first-order chi connectivity index (χ1) is 13.0. The summed E-state index contributed by atoms with van der Waals surface area (Å²) in [5.74, 6) is -2.66. The van der Waals surface area contributed by atoms with Gasteiger partial charge in [-0.1, -0.05) is 17.7 Å². The summed E-state index contributed by atoms with van der Waals surface area (Å²) in [7, 11) is 0.240. The molecule has 0 unspecified atom stereocenters. The molecule has 1 aromatic carbocycles. The summed E-state index contributed by atoms with van der Waals surface area (Å²) in [6, 6.07) is 5.17. The molecule has 28 heavy (non-hydrogen) atoms. The van der Waals surface area contributed by atoms with E-state index < -0.39 is 15.9 Å². The van der Waals surface area contributed by atoms with Crippen LogP contribution in [0.25, 0.3) is 0 Å². The lowest BCUT2D eigenvalue weighted by Gasteiger charge is -2.39. The number of halogens is 2. The number of sulfonamides is 1. The standard InChI is InChI=1S/C20H31F2N3O2S/c1-15-5-6-19(16(2)11-15)28(26,27)24-9-7-17(8-10-24)25-14-20(21,22)12-18(25)13-23(3)4/h5-6,11,17-18H,7-10,12-14H2,1-4H3/t18-/m0/s1. The van der Waals surface area contributed by atoms with Crippen molar-refractivity contribution in [1.29, 1.82) is 0 Å². The Morgan fingerprint density at radius 2 is 1.82 bits per heavy atom. The van der Waals surface area contributed by atoms with E-state index in [4.69, 9.17) is 0 Å². The quantitative estimate of drug-likeness (QED) is 0.742. The van der Waals surface area contributed by atoms with Gasteiger partial charge in [-0.2, -0.15) is 4.31 Å². The molecule has 1 atom stereocenters. The monoisotopic (exact) mass is 415 g/mol. The zero-order valence-corrected chi connectivity index (χ0v) is 18.0. The lowest BCUT2D eigenvalue weighted by atomic mass is 10.0. The van der Waals surface area contributed by atoms with Crippen molar-refractivity contribution in [2.45, 2.75) is 56.0 Å². The Labute approximate surface area is 167 Å². The van der Waals surface area contributed by atoms with Gasteiger partial charge < -0.3 is 4.90 Å². The van der Waals surface area contributed by atoms with Crippen LogP contribution in [0.5, 0.6) is 0 Å². The predicted molar refractivity (Wildman–Crippen MR) is 106 cm³/mol. The molecule has 0 N–H and O–H groups in total. The van der Waals surface area contributed by atoms with Crippen LogP contribution in [-0.4, -0.2) is 80.8 Å². The lowest BCUT2D eigenvalue weighted by Crippen LogP contribution is -2.50. The zero-order chi connectivity index (χ0) is 20.7. The third kappa shape index (κ3) is 4.56. The molecular formula is C20H31F2N3O2S. The highest BCUT2D eigenvalue weighted by Crippen LogP contribution is 2.36. The van der Waals surface area contributed by atoms with Gasteiger partial charge in [0.25, 0.3) is 5.92 Å². The van der Waals surface area contributed by atoms with E-state index in [2.05, 4.69) is 0 Å². The number of aryl methyl sites for hydroxylation is 2. The van der Waals surface area contributed by atoms with Gasteiger partial charge in [0.05, 0.1) is 11.4 Å². The number of alkyl halides is 2. The molecule has 0 spiro atoms. The van der Waals surface area contributed by atoms with Gasteiger partial charge in [0, 0.05) is 38.1 Å². The Kier molecular flexibility index (Phi) is 6.15. The fourth-order valence-electron chi connectivity index (χ4n) is 4.58. The van der Waals surface area contributed by atoms with Crippen molar-refractivity contribution in [1.82, 2.24) is 14.1 Å². The van der Waals surface area contributed by atoms with Crippen LogP contribution in [0.3, 0.4) is 0 Å². The van der Waals surface area contributed by atoms with Crippen molar-refractivity contribution in [3.63, 3.8) is 0 Å². The van der Waals surface area contributed by atoms with Crippen LogP contribution in [0.1, 0.15) is 30.4 Å². The SMILES string of the molecule is Cc1ccc(S(=O)(=O)N2CCC(N3CC(F)(F)C[C@H]3CN(C)C)CC2)c(C)c1. The minimum absolute atomic E-state index is 0.00360. The maximum Gasteiger partial charge on any atom is 0.262 e. The molecule has 0 bridgehead atoms. The minimum atomic E-state index is -3.55. The Morgan fingerprint density at radius 1 is 1.18 bits per heavy atom. The Balaban J connectivity index is 1.70. The molecule has 2 fully saturated rings. The van der Waals surface area contributed by atoms with E-state index in [1.54, 1.807) is 6.07 Å². The number of likely N-dealkylation sites (N-methyl/N-ethyl adjacent to an activating group) is 1. The summed E-state index contributed by atoms with van der Waals surface area (Å²) in [6.07, 6.45) is 1.06. The van der Waals surface area contributed by atoms with E-state index in [-0.39, 0.29) is 25.0 Å². The van der Waals surface area contributed by atoms with E-state index >= 15 is 0 Å². The van der Waals surface area contributed by atoms with Crippen LogP contribution in [-0.2, 0) is 10.0 Å². The molecule has 2 aliphatic rings. The first-order valence-corrected chi connectivity index (χ1v) is 11.3. The van der Waals surface area contributed by atoms with Gasteiger partial charge in [-0.3, -0.25) is 4.90 Å². The Hall–Kier alpha value is -1.09. The van der Waals surface area contributed by atoms with Crippen LogP contribution in [0.4, 0.5) is 8.78 Å². The van der Waals surface area contributed by atoms with Gasteiger partial charge in [0.1, 0.15) is 0 Å². The van der Waals surface area contributed by atoms with E-state index in [1.165, 1.54) is 4.31 Å². The van der Waals surface area contributed by atoms with Gasteiger partial charge in [0.2, 0.25) is 10.0 Å². The normalized spacial score (nSPS) is 24.9. The highest BCUT2D eigenvalue weighted by molar-refractivity contribution is 7.89. The number of piperidine rings is 1. The van der Waals surface area contributed by atoms with Gasteiger partial charge in [-0.15, -0.1) is 0 Å². The Morgan fingerprint density at radius 3 is 2.39 bits per heavy atom. The Bertz CT molecular complexity index is 806. The van der Waals surface area contributed by atoms with Gasteiger partial charge >= 0.3 is 0 Å². The maximum absolute atomic E-state index is 14.0. The largest absolute Gasteiger partial charge is 0.308 e. The molecule has 1 aromatic rings. The second-order valence-electron chi connectivity index (χ2n) is 8.55. The highest BCUT2D eigenvalue weighted by atomic mass is 32.2. The van der Waals surface area contributed by atoms with Crippen LogP contribution >= 0.6 is 0 Å². The highest BCUT2D eigenvalue weighted by Gasteiger charge is 2.48. The van der Waals surface area contributed by atoms with Gasteiger partial charge in [-0.05, 0) is 52.4 Å². The van der Waals surface area contributed by atoms with Crippen molar-refractivity contribution < 1.29 is 17.2 Å². The van der Waals surface area contributed by atoms with Crippen molar-refractivity contribution in [3.8, 4) is 0 Å². The predicted octanol–water partition coefficient (Wildman–Crippen LogP) is 2.73. The lowest BCUT2D eigenvalue weighted by molar-refractivity contribution is 0.00468. The summed E-state index contributed by atoms with van der Waals surface area (Å²) in [4.78, 5) is 4.20. The molecule has 2 aliphatic heterocycles. The van der Waals surface area contributed by atoms with E-state index in [9.17, 15) is 17.2 Å². The molecule has 5 nitrogen and oxygen atoms in total. The molecule has 2 heterocycles. The van der Waals surface area contributed by atoms with Crippen molar-refractivity contribution >= 4 is 10.0 Å². The first-order valence-electron chi connectivity index (χ1n) is 9.85. The fourth-order valence-corrected chi connectivity index (χ4v) is 6.26. The molecule has 0 saturated carbocycles. The average Bonchev–Trinajstić information content (AvgIpc) is 2.88. The van der Waals surface area contributed by atoms with Gasteiger partial charge in [0.15, 0.2) is 0 Å². The molecular weight excluding hydrogens is 384 g/mol. The van der Waals surface area contributed by atoms with Crippen molar-refractivity contribution in [2.75, 3.05) is 40.3 Å². The summed E-state index contributed by atoms with van der Waals surface area (Å²) in [5.41, 5.74) is 1.77. The number of hydrogen-bond acceptors (Lipinski definition) is 4. The molecule has 3 rings (SSSR count). The molecule has 0 aliphatic carbocycles. The maximum atomic E-state index is 14.0. The zero-order valence-electron chi connectivity index (χ0n) is 17.2.